The Balaban J connectivity index is 2.25. The second-order valence-electron chi connectivity index (χ2n) is 1.81. The van der Waals surface area contributed by atoms with Crippen molar-refractivity contribution in [2.75, 3.05) is 0 Å². The SMILES string of the molecule is CC(C)N1N=C1Cl. The van der Waals surface area contributed by atoms with Gasteiger partial charge in [0.2, 0.25) is 5.29 Å². The lowest BCUT2D eigenvalue weighted by molar-refractivity contribution is 0.459. The van der Waals surface area contributed by atoms with Gasteiger partial charge in [-0.3, -0.25) is 0 Å². The predicted molar refractivity (Wildman–Crippen MR) is 30.3 cm³/mol. The van der Waals surface area contributed by atoms with Gasteiger partial charge < -0.3 is 0 Å². The zero-order chi connectivity index (χ0) is 5.44. The zero-order valence-corrected chi connectivity index (χ0v) is 5.11. The van der Waals surface area contributed by atoms with Crippen molar-refractivity contribution >= 4 is 16.9 Å². The lowest BCUT2D eigenvalue weighted by atomic mass is 10.4. The number of nitrogens with zero attached hydrogens (tertiary/aromatic N) is 2. The van der Waals surface area contributed by atoms with Crippen LogP contribution in [0.25, 0.3) is 0 Å². The summed E-state index contributed by atoms with van der Waals surface area (Å²) < 4.78 is 0. The van der Waals surface area contributed by atoms with Crippen LogP contribution in [0, 0.1) is 0 Å². The van der Waals surface area contributed by atoms with E-state index in [0.29, 0.717) is 11.3 Å². The number of rotatable bonds is 1. The molecule has 0 unspecified atom stereocenters. The molecule has 1 aliphatic rings. The number of halogens is 1. The molecule has 7 heavy (non-hydrogen) atoms. The number of hydrogen-bond acceptors (Lipinski definition) is 2. The van der Waals surface area contributed by atoms with Crippen molar-refractivity contribution in [2.45, 2.75) is 19.9 Å². The van der Waals surface area contributed by atoms with Gasteiger partial charge in [-0.1, -0.05) is 0 Å². The summed E-state index contributed by atoms with van der Waals surface area (Å²) in [4.78, 5) is 0. The molecular formula is C4H7ClN2. The van der Waals surface area contributed by atoms with E-state index in [1.807, 2.05) is 13.8 Å². The molecule has 2 nitrogen and oxygen atoms in total. The summed E-state index contributed by atoms with van der Waals surface area (Å²) in [6.07, 6.45) is 0. The van der Waals surface area contributed by atoms with Gasteiger partial charge in [0.1, 0.15) is 0 Å². The molecule has 0 atom stereocenters. The van der Waals surface area contributed by atoms with Crippen molar-refractivity contribution < 1.29 is 0 Å². The van der Waals surface area contributed by atoms with Crippen LogP contribution in [0.5, 0.6) is 0 Å². The molecule has 0 spiro atoms. The second kappa shape index (κ2) is 1.37. The molecule has 0 aromatic heterocycles. The minimum atomic E-state index is 0.437. The summed E-state index contributed by atoms with van der Waals surface area (Å²) in [5.41, 5.74) is 0. The Morgan fingerprint density at radius 1 is 1.71 bits per heavy atom. The summed E-state index contributed by atoms with van der Waals surface area (Å²) in [6.45, 7) is 4.08. The molecule has 1 rings (SSSR count). The lowest BCUT2D eigenvalue weighted by Crippen LogP contribution is -2.11. The molecule has 0 fully saturated rings. The fraction of sp³-hybridized carbons (Fsp3) is 0.750. The van der Waals surface area contributed by atoms with Crippen molar-refractivity contribution in [3.05, 3.63) is 0 Å². The molecule has 0 radical (unpaired) electrons. The molecule has 0 amide bonds. The van der Waals surface area contributed by atoms with Crippen molar-refractivity contribution in [1.82, 2.24) is 5.01 Å². The standard InChI is InChI=1S/C4H7ClN2/c1-3(2)7-4(5)6-7/h3H,1-2H3. The maximum absolute atomic E-state index is 5.42. The Labute approximate surface area is 47.8 Å². The third kappa shape index (κ3) is 0.855. The average molecular weight is 119 g/mol. The minimum Gasteiger partial charge on any atom is -0.231 e. The quantitative estimate of drug-likeness (QED) is 0.473. The number of amidine groups is 1. The Bertz CT molecular complexity index is 108. The van der Waals surface area contributed by atoms with Crippen molar-refractivity contribution in [2.24, 2.45) is 5.10 Å². The van der Waals surface area contributed by atoms with E-state index < -0.39 is 0 Å². The monoisotopic (exact) mass is 118 g/mol. The van der Waals surface area contributed by atoms with Crippen LogP contribution < -0.4 is 0 Å². The third-order valence-corrected chi connectivity index (χ3v) is 1.08. The van der Waals surface area contributed by atoms with Crippen LogP contribution in [0.1, 0.15) is 13.8 Å². The molecule has 0 saturated heterocycles. The fourth-order valence-corrected chi connectivity index (χ4v) is 0.672. The zero-order valence-electron chi connectivity index (χ0n) is 4.35. The summed E-state index contributed by atoms with van der Waals surface area (Å²) in [6, 6.07) is 0.437. The average Bonchev–Trinajstić information content (AvgIpc) is 2.17. The Morgan fingerprint density at radius 2 is 2.14 bits per heavy atom. The van der Waals surface area contributed by atoms with Crippen LogP contribution in [0.3, 0.4) is 0 Å². The topological polar surface area (TPSA) is 15.4 Å². The molecule has 3 heteroatoms. The van der Waals surface area contributed by atoms with Crippen molar-refractivity contribution in [1.29, 1.82) is 0 Å². The van der Waals surface area contributed by atoms with E-state index in [-0.39, 0.29) is 0 Å². The van der Waals surface area contributed by atoms with Gasteiger partial charge in [-0.25, -0.2) is 5.01 Å². The number of hydrazone groups is 1. The number of hydrogen-bond donors (Lipinski definition) is 0. The highest BCUT2D eigenvalue weighted by atomic mass is 35.5. The molecule has 1 aliphatic heterocycles. The van der Waals surface area contributed by atoms with E-state index in [4.69, 9.17) is 11.6 Å². The maximum Gasteiger partial charge on any atom is 0.238 e. The van der Waals surface area contributed by atoms with Crippen LogP contribution in [0.2, 0.25) is 0 Å². The highest BCUT2D eigenvalue weighted by Crippen LogP contribution is 2.16. The van der Waals surface area contributed by atoms with Gasteiger partial charge >= 0.3 is 0 Å². The Morgan fingerprint density at radius 3 is 2.14 bits per heavy atom. The summed E-state index contributed by atoms with van der Waals surface area (Å²) >= 11 is 5.42. The van der Waals surface area contributed by atoms with Gasteiger partial charge in [0, 0.05) is 6.04 Å². The van der Waals surface area contributed by atoms with Gasteiger partial charge in [0.05, 0.1) is 0 Å². The first-order chi connectivity index (χ1) is 3.22. The summed E-state index contributed by atoms with van der Waals surface area (Å²) in [5, 5.41) is 6.17. The van der Waals surface area contributed by atoms with Crippen LogP contribution >= 0.6 is 11.6 Å². The largest absolute Gasteiger partial charge is 0.238 e. The first-order valence-corrected chi connectivity index (χ1v) is 2.63. The Hall–Kier alpha value is -0.240. The second-order valence-corrected chi connectivity index (χ2v) is 2.15. The van der Waals surface area contributed by atoms with E-state index in [9.17, 15) is 0 Å². The Kier molecular flexibility index (Phi) is 0.961. The van der Waals surface area contributed by atoms with Crippen LogP contribution in [0.15, 0.2) is 5.10 Å². The predicted octanol–water partition coefficient (Wildman–Crippen LogP) is 1.22. The highest BCUT2D eigenvalue weighted by Gasteiger charge is 2.23. The molecular weight excluding hydrogens is 112 g/mol. The minimum absolute atomic E-state index is 0.437. The molecule has 0 N–H and O–H groups in total. The van der Waals surface area contributed by atoms with Gasteiger partial charge in [0.15, 0.2) is 0 Å². The molecule has 0 saturated carbocycles. The molecule has 1 heterocycles. The molecule has 40 valence electrons. The van der Waals surface area contributed by atoms with Crippen LogP contribution in [-0.2, 0) is 0 Å². The van der Waals surface area contributed by atoms with Gasteiger partial charge in [-0.15, -0.1) is 5.10 Å². The van der Waals surface area contributed by atoms with E-state index in [1.165, 1.54) is 0 Å². The van der Waals surface area contributed by atoms with Gasteiger partial charge in [-0.05, 0) is 25.4 Å². The molecule has 0 aliphatic carbocycles. The maximum atomic E-state index is 5.42. The fourth-order valence-electron chi connectivity index (χ4n) is 0.395. The van der Waals surface area contributed by atoms with Crippen LogP contribution in [-0.4, -0.2) is 16.3 Å². The lowest BCUT2D eigenvalue weighted by Gasteiger charge is -2.00. The van der Waals surface area contributed by atoms with Gasteiger partial charge in [-0.2, -0.15) is 0 Å². The van der Waals surface area contributed by atoms with E-state index in [1.54, 1.807) is 5.01 Å². The van der Waals surface area contributed by atoms with E-state index >= 15 is 0 Å². The van der Waals surface area contributed by atoms with Crippen LogP contribution in [0.4, 0.5) is 0 Å². The first-order valence-electron chi connectivity index (χ1n) is 2.25. The molecule has 0 aromatic rings. The highest BCUT2D eigenvalue weighted by molar-refractivity contribution is 6.67. The summed E-state index contributed by atoms with van der Waals surface area (Å²) in [5.74, 6) is 0. The first kappa shape index (κ1) is 4.91. The third-order valence-electron chi connectivity index (χ3n) is 0.829. The smallest absolute Gasteiger partial charge is 0.231 e. The van der Waals surface area contributed by atoms with Crippen molar-refractivity contribution in [3.63, 3.8) is 0 Å². The normalized spacial score (nSPS) is 17.7. The van der Waals surface area contributed by atoms with Crippen molar-refractivity contribution in [3.8, 4) is 0 Å². The summed E-state index contributed by atoms with van der Waals surface area (Å²) in [7, 11) is 0. The van der Waals surface area contributed by atoms with E-state index in [0.717, 1.165) is 0 Å². The molecule has 0 aromatic carbocycles. The van der Waals surface area contributed by atoms with Gasteiger partial charge in [0.25, 0.3) is 0 Å². The molecule has 0 bridgehead atoms. The van der Waals surface area contributed by atoms with E-state index in [2.05, 4.69) is 5.10 Å².